The Morgan fingerprint density at radius 2 is 1.77 bits per heavy atom. The summed E-state index contributed by atoms with van der Waals surface area (Å²) in [5.74, 6) is 1.39. The average molecular weight is 403 g/mol. The maximum absolute atomic E-state index is 13.1. The number of ether oxygens (including phenoxy) is 1. The number of hydrogen-bond acceptors (Lipinski definition) is 6. The Bertz CT molecular complexity index is 1160. The number of hydrogen-bond donors (Lipinski definition) is 0. The summed E-state index contributed by atoms with van der Waals surface area (Å²) < 4.78 is 6.91. The van der Waals surface area contributed by atoms with E-state index in [0.29, 0.717) is 42.3 Å². The predicted octanol–water partition coefficient (Wildman–Crippen LogP) is 1.90. The highest BCUT2D eigenvalue weighted by Crippen LogP contribution is 2.41. The van der Waals surface area contributed by atoms with Crippen molar-refractivity contribution in [1.82, 2.24) is 24.6 Å². The number of benzene rings is 1. The fraction of sp³-hybridized carbons (Fsp3) is 0.318. The maximum Gasteiger partial charge on any atom is 0.280 e. The van der Waals surface area contributed by atoms with E-state index in [1.165, 1.54) is 0 Å². The third-order valence-corrected chi connectivity index (χ3v) is 6.17. The van der Waals surface area contributed by atoms with Crippen molar-refractivity contribution in [2.24, 2.45) is 0 Å². The molecule has 4 heterocycles. The van der Waals surface area contributed by atoms with Gasteiger partial charge in [-0.15, -0.1) is 10.2 Å². The van der Waals surface area contributed by atoms with E-state index >= 15 is 0 Å². The van der Waals surface area contributed by atoms with Crippen molar-refractivity contribution in [3.63, 3.8) is 0 Å². The molecule has 0 saturated carbocycles. The minimum Gasteiger partial charge on any atom is -0.497 e. The van der Waals surface area contributed by atoms with Gasteiger partial charge in [0.05, 0.1) is 12.5 Å². The van der Waals surface area contributed by atoms with Crippen LogP contribution in [-0.4, -0.2) is 50.8 Å². The summed E-state index contributed by atoms with van der Waals surface area (Å²) in [7, 11) is 1.60. The molecule has 0 unspecified atom stereocenters. The highest BCUT2D eigenvalue weighted by Gasteiger charge is 2.48. The zero-order valence-electron chi connectivity index (χ0n) is 16.6. The van der Waals surface area contributed by atoms with E-state index in [9.17, 15) is 9.59 Å². The Morgan fingerprint density at radius 1 is 1.03 bits per heavy atom. The summed E-state index contributed by atoms with van der Waals surface area (Å²) in [6.07, 6.45) is 4.80. The van der Waals surface area contributed by atoms with Crippen molar-refractivity contribution >= 4 is 5.91 Å². The number of methoxy groups -OCH3 is 1. The first-order valence-corrected chi connectivity index (χ1v) is 9.93. The van der Waals surface area contributed by atoms with Gasteiger partial charge in [0.2, 0.25) is 0 Å². The van der Waals surface area contributed by atoms with Gasteiger partial charge >= 0.3 is 0 Å². The molecule has 30 heavy (non-hydrogen) atoms. The van der Waals surface area contributed by atoms with Gasteiger partial charge < -0.3 is 9.64 Å². The SMILES string of the molecule is COc1ccc(-c2nnc3n(c2=O)CC[C@]32CCN(C(=O)c3ccncc3)C2)cc1. The second-order valence-electron chi connectivity index (χ2n) is 7.80. The van der Waals surface area contributed by atoms with E-state index in [1.807, 2.05) is 17.0 Å². The van der Waals surface area contributed by atoms with Crippen molar-refractivity contribution in [3.05, 3.63) is 70.5 Å². The van der Waals surface area contributed by atoms with Gasteiger partial charge in [0.1, 0.15) is 11.6 Å². The number of aromatic nitrogens is 4. The second kappa shape index (κ2) is 7.05. The van der Waals surface area contributed by atoms with E-state index in [-0.39, 0.29) is 16.9 Å². The Kier molecular flexibility index (Phi) is 4.34. The van der Waals surface area contributed by atoms with Crippen molar-refractivity contribution < 1.29 is 9.53 Å². The van der Waals surface area contributed by atoms with Crippen LogP contribution in [0, 0.1) is 0 Å². The smallest absolute Gasteiger partial charge is 0.280 e. The number of amides is 1. The summed E-state index contributed by atoms with van der Waals surface area (Å²) in [5.41, 5.74) is 1.22. The second-order valence-corrected chi connectivity index (χ2v) is 7.80. The standard InChI is InChI=1S/C22H21N5O3/c1-30-17-4-2-15(3-5-17)18-20(29)27-13-9-22(21(27)25-24-18)8-12-26(14-22)19(28)16-6-10-23-11-7-16/h2-7,10-11H,8-9,12-14H2,1H3/t22-/m0/s1. The van der Waals surface area contributed by atoms with Crippen LogP contribution in [-0.2, 0) is 12.0 Å². The Hall–Kier alpha value is -3.55. The zero-order chi connectivity index (χ0) is 20.7. The first-order valence-electron chi connectivity index (χ1n) is 9.93. The number of rotatable bonds is 3. The Balaban J connectivity index is 1.44. The predicted molar refractivity (Wildman–Crippen MR) is 109 cm³/mol. The van der Waals surface area contributed by atoms with Gasteiger partial charge in [-0.1, -0.05) is 0 Å². The van der Waals surface area contributed by atoms with Gasteiger partial charge in [-0.05, 0) is 49.2 Å². The molecule has 2 aromatic heterocycles. The minimum atomic E-state index is -0.312. The van der Waals surface area contributed by atoms with Crippen LogP contribution in [0.2, 0.25) is 0 Å². The summed E-state index contributed by atoms with van der Waals surface area (Å²) in [6.45, 7) is 1.77. The fourth-order valence-corrected chi connectivity index (χ4v) is 4.50. The van der Waals surface area contributed by atoms with Crippen LogP contribution >= 0.6 is 0 Å². The molecule has 0 N–H and O–H groups in total. The molecule has 2 aliphatic rings. The molecule has 0 radical (unpaired) electrons. The van der Waals surface area contributed by atoms with Gasteiger partial charge in [0.15, 0.2) is 5.69 Å². The molecule has 1 spiro atoms. The molecule has 3 aromatic rings. The minimum absolute atomic E-state index is 0.0158. The molecular weight excluding hydrogens is 382 g/mol. The molecule has 1 amide bonds. The van der Waals surface area contributed by atoms with Gasteiger partial charge in [-0.2, -0.15) is 0 Å². The van der Waals surface area contributed by atoms with Crippen molar-refractivity contribution in [3.8, 4) is 17.0 Å². The molecule has 0 bridgehead atoms. The Labute approximate surface area is 173 Å². The third kappa shape index (κ3) is 2.87. The first kappa shape index (κ1) is 18.5. The van der Waals surface area contributed by atoms with E-state index < -0.39 is 0 Å². The van der Waals surface area contributed by atoms with Crippen LogP contribution in [0.1, 0.15) is 29.0 Å². The van der Waals surface area contributed by atoms with Crippen LogP contribution in [0.5, 0.6) is 5.75 Å². The fourth-order valence-electron chi connectivity index (χ4n) is 4.50. The Morgan fingerprint density at radius 3 is 2.50 bits per heavy atom. The molecule has 0 aliphatic carbocycles. The summed E-state index contributed by atoms with van der Waals surface area (Å²) in [6, 6.07) is 10.7. The monoisotopic (exact) mass is 403 g/mol. The highest BCUT2D eigenvalue weighted by atomic mass is 16.5. The van der Waals surface area contributed by atoms with E-state index in [1.54, 1.807) is 48.3 Å². The van der Waals surface area contributed by atoms with Gasteiger partial charge in [-0.25, -0.2) is 0 Å². The van der Waals surface area contributed by atoms with Crippen molar-refractivity contribution in [1.29, 1.82) is 0 Å². The van der Waals surface area contributed by atoms with Crippen LogP contribution in [0.15, 0.2) is 53.6 Å². The molecule has 1 saturated heterocycles. The molecule has 5 rings (SSSR count). The van der Waals surface area contributed by atoms with E-state index in [0.717, 1.165) is 18.6 Å². The van der Waals surface area contributed by atoms with Crippen LogP contribution in [0.3, 0.4) is 0 Å². The number of nitrogens with zero attached hydrogens (tertiary/aromatic N) is 5. The number of carbonyl (C=O) groups is 1. The molecule has 8 nitrogen and oxygen atoms in total. The zero-order valence-corrected chi connectivity index (χ0v) is 16.6. The molecule has 8 heteroatoms. The van der Waals surface area contributed by atoms with Crippen molar-refractivity contribution in [2.45, 2.75) is 24.8 Å². The van der Waals surface area contributed by atoms with Crippen LogP contribution in [0.4, 0.5) is 0 Å². The van der Waals surface area contributed by atoms with Gasteiger partial charge in [0.25, 0.3) is 11.5 Å². The quantitative estimate of drug-likeness (QED) is 0.663. The number of fused-ring (bicyclic) bond motifs is 2. The lowest BCUT2D eigenvalue weighted by atomic mass is 9.85. The lowest BCUT2D eigenvalue weighted by Crippen LogP contribution is -2.35. The van der Waals surface area contributed by atoms with Gasteiger partial charge in [0, 0.05) is 43.2 Å². The summed E-state index contributed by atoms with van der Waals surface area (Å²) >= 11 is 0. The van der Waals surface area contributed by atoms with Crippen molar-refractivity contribution in [2.75, 3.05) is 20.2 Å². The maximum atomic E-state index is 13.1. The molecule has 1 aromatic carbocycles. The topological polar surface area (TPSA) is 90.2 Å². The van der Waals surface area contributed by atoms with E-state index in [2.05, 4.69) is 15.2 Å². The molecule has 2 aliphatic heterocycles. The number of likely N-dealkylation sites (tertiary alicyclic amines) is 1. The molecule has 1 atom stereocenters. The molecule has 1 fully saturated rings. The number of carbonyl (C=O) groups excluding carboxylic acids is 1. The highest BCUT2D eigenvalue weighted by molar-refractivity contribution is 5.94. The van der Waals surface area contributed by atoms with Crippen LogP contribution in [0.25, 0.3) is 11.3 Å². The average Bonchev–Trinajstić information content (AvgIpc) is 3.39. The van der Waals surface area contributed by atoms with Gasteiger partial charge in [-0.3, -0.25) is 19.1 Å². The normalized spacial score (nSPS) is 19.8. The lowest BCUT2D eigenvalue weighted by molar-refractivity contribution is 0.0783. The summed E-state index contributed by atoms with van der Waals surface area (Å²) in [4.78, 5) is 31.8. The molecular formula is C22H21N5O3. The first-order chi connectivity index (χ1) is 14.6. The lowest BCUT2D eigenvalue weighted by Gasteiger charge is -2.23. The summed E-state index contributed by atoms with van der Waals surface area (Å²) in [5, 5.41) is 8.76. The van der Waals surface area contributed by atoms with Crippen LogP contribution < -0.4 is 10.3 Å². The third-order valence-electron chi connectivity index (χ3n) is 6.17. The molecule has 152 valence electrons. The van der Waals surface area contributed by atoms with E-state index in [4.69, 9.17) is 4.74 Å². The number of pyridine rings is 1. The largest absolute Gasteiger partial charge is 0.497 e.